The molecule has 40 heavy (non-hydrogen) atoms. The molecule has 1 aliphatic carbocycles. The standard InChI is InChI=1S/C38H32O2/c1-40-37(39)38(32-25-15-6-16-26-32)34(29-19-9-3-10-20-29)27-33(28-17-7-2-8-18-28)35(30-21-11-4-12-22-30)36(38)31-23-13-5-14-24-31/h2-26,33-34H,27H2,1H3/t33-,34+,38-/m1/s1. The van der Waals surface area contributed by atoms with Gasteiger partial charge in [-0.2, -0.15) is 0 Å². The Morgan fingerprint density at radius 1 is 0.600 bits per heavy atom. The highest BCUT2D eigenvalue weighted by Gasteiger charge is 2.57. The number of esters is 1. The van der Waals surface area contributed by atoms with Crippen LogP contribution in [0.25, 0.3) is 11.1 Å². The molecule has 0 heterocycles. The fourth-order valence-electron chi connectivity index (χ4n) is 6.67. The Morgan fingerprint density at radius 2 is 1.05 bits per heavy atom. The Hall–Kier alpha value is -4.69. The van der Waals surface area contributed by atoms with E-state index in [9.17, 15) is 4.79 Å². The van der Waals surface area contributed by atoms with E-state index >= 15 is 0 Å². The van der Waals surface area contributed by atoms with Gasteiger partial charge in [0.15, 0.2) is 0 Å². The molecule has 0 saturated heterocycles. The average Bonchev–Trinajstić information content (AvgIpc) is 3.05. The molecule has 196 valence electrons. The summed E-state index contributed by atoms with van der Waals surface area (Å²) in [4.78, 5) is 14.6. The van der Waals surface area contributed by atoms with Crippen LogP contribution in [0.15, 0.2) is 152 Å². The van der Waals surface area contributed by atoms with Crippen LogP contribution in [0.4, 0.5) is 0 Å². The molecule has 0 unspecified atom stereocenters. The molecular formula is C38H32O2. The fraction of sp³-hybridized carbons (Fsp3) is 0.132. The van der Waals surface area contributed by atoms with E-state index in [2.05, 4.69) is 115 Å². The van der Waals surface area contributed by atoms with Crippen molar-refractivity contribution < 1.29 is 9.53 Å². The molecule has 5 aromatic carbocycles. The van der Waals surface area contributed by atoms with Crippen LogP contribution in [0.5, 0.6) is 0 Å². The highest BCUT2D eigenvalue weighted by Crippen LogP contribution is 2.61. The summed E-state index contributed by atoms with van der Waals surface area (Å²) in [5.74, 6) is -0.353. The maximum absolute atomic E-state index is 14.6. The number of allylic oxidation sites excluding steroid dienone is 1. The first-order valence-electron chi connectivity index (χ1n) is 13.8. The molecule has 2 nitrogen and oxygen atoms in total. The monoisotopic (exact) mass is 520 g/mol. The van der Waals surface area contributed by atoms with Crippen LogP contribution in [0.2, 0.25) is 0 Å². The van der Waals surface area contributed by atoms with Crippen LogP contribution in [0.1, 0.15) is 46.1 Å². The van der Waals surface area contributed by atoms with E-state index < -0.39 is 5.41 Å². The molecule has 3 atom stereocenters. The zero-order chi connectivity index (χ0) is 27.4. The lowest BCUT2D eigenvalue weighted by molar-refractivity contribution is -0.146. The van der Waals surface area contributed by atoms with Crippen molar-refractivity contribution in [2.24, 2.45) is 0 Å². The molecule has 0 bridgehead atoms. The van der Waals surface area contributed by atoms with Gasteiger partial charge in [0.2, 0.25) is 0 Å². The van der Waals surface area contributed by atoms with Crippen LogP contribution in [-0.2, 0) is 14.9 Å². The number of methoxy groups -OCH3 is 1. The maximum Gasteiger partial charge on any atom is 0.321 e. The molecule has 2 heteroatoms. The average molecular weight is 521 g/mol. The Balaban J connectivity index is 1.83. The van der Waals surface area contributed by atoms with Crippen LogP contribution in [-0.4, -0.2) is 13.1 Å². The lowest BCUT2D eigenvalue weighted by Crippen LogP contribution is -2.47. The lowest BCUT2D eigenvalue weighted by Gasteiger charge is -2.48. The number of hydrogen-bond acceptors (Lipinski definition) is 2. The Kier molecular flexibility index (Phi) is 7.16. The first-order valence-corrected chi connectivity index (χ1v) is 13.8. The second-order valence-corrected chi connectivity index (χ2v) is 10.3. The minimum absolute atomic E-state index is 0.0607. The van der Waals surface area contributed by atoms with Gasteiger partial charge in [0.25, 0.3) is 0 Å². The molecule has 0 fully saturated rings. The van der Waals surface area contributed by atoms with Crippen molar-refractivity contribution in [2.75, 3.05) is 7.11 Å². The number of carbonyl (C=O) groups excluding carboxylic acids is 1. The Labute approximate surface area is 236 Å². The summed E-state index contributed by atoms with van der Waals surface area (Å²) in [6, 6.07) is 52.4. The van der Waals surface area contributed by atoms with E-state index in [0.29, 0.717) is 0 Å². The van der Waals surface area contributed by atoms with Gasteiger partial charge in [-0.1, -0.05) is 152 Å². The van der Waals surface area contributed by atoms with Gasteiger partial charge in [0.1, 0.15) is 5.41 Å². The quantitative estimate of drug-likeness (QED) is 0.209. The zero-order valence-corrected chi connectivity index (χ0v) is 22.6. The summed E-state index contributed by atoms with van der Waals surface area (Å²) >= 11 is 0. The molecule has 6 rings (SSSR count). The number of benzene rings is 5. The topological polar surface area (TPSA) is 26.3 Å². The van der Waals surface area contributed by atoms with E-state index in [1.54, 1.807) is 0 Å². The molecular weight excluding hydrogens is 488 g/mol. The van der Waals surface area contributed by atoms with E-state index in [1.807, 2.05) is 36.4 Å². The van der Waals surface area contributed by atoms with Crippen molar-refractivity contribution in [3.8, 4) is 0 Å². The fourth-order valence-corrected chi connectivity index (χ4v) is 6.67. The van der Waals surface area contributed by atoms with Gasteiger partial charge in [0.05, 0.1) is 7.11 Å². The van der Waals surface area contributed by atoms with Gasteiger partial charge in [0, 0.05) is 11.8 Å². The highest BCUT2D eigenvalue weighted by atomic mass is 16.5. The second kappa shape index (κ2) is 11.2. The number of ether oxygens (including phenoxy) is 1. The number of rotatable bonds is 6. The van der Waals surface area contributed by atoms with Crippen LogP contribution < -0.4 is 0 Å². The molecule has 0 N–H and O–H groups in total. The van der Waals surface area contributed by atoms with Crippen molar-refractivity contribution in [2.45, 2.75) is 23.7 Å². The minimum atomic E-state index is -1.07. The van der Waals surface area contributed by atoms with Crippen molar-refractivity contribution in [3.05, 3.63) is 179 Å². The molecule has 1 aliphatic rings. The van der Waals surface area contributed by atoms with Gasteiger partial charge >= 0.3 is 5.97 Å². The highest BCUT2D eigenvalue weighted by molar-refractivity contribution is 6.10. The summed E-state index contributed by atoms with van der Waals surface area (Å²) in [6.07, 6.45) is 0.749. The second-order valence-electron chi connectivity index (χ2n) is 10.3. The first kappa shape index (κ1) is 25.6. The SMILES string of the molecule is COC(=O)[C@@]1(c2ccccc2)C(c2ccccc2)=C(c2ccccc2)[C@@H](c2ccccc2)C[C@H]1c1ccccc1. The molecule has 5 aromatic rings. The van der Waals surface area contributed by atoms with E-state index in [0.717, 1.165) is 34.2 Å². The number of hydrogen-bond donors (Lipinski definition) is 0. The third-order valence-electron chi connectivity index (χ3n) is 8.29. The smallest absolute Gasteiger partial charge is 0.321 e. The van der Waals surface area contributed by atoms with Gasteiger partial charge in [-0.25, -0.2) is 0 Å². The largest absolute Gasteiger partial charge is 0.468 e. The van der Waals surface area contributed by atoms with Crippen molar-refractivity contribution in [3.63, 3.8) is 0 Å². The molecule has 0 saturated carbocycles. The van der Waals surface area contributed by atoms with Crippen molar-refractivity contribution in [1.29, 1.82) is 0 Å². The van der Waals surface area contributed by atoms with Gasteiger partial charge in [-0.05, 0) is 45.4 Å². The normalized spacial score (nSPS) is 20.6. The zero-order valence-electron chi connectivity index (χ0n) is 22.6. The van der Waals surface area contributed by atoms with Gasteiger partial charge in [-0.15, -0.1) is 0 Å². The van der Waals surface area contributed by atoms with E-state index in [4.69, 9.17) is 4.74 Å². The Bertz CT molecular complexity index is 1590. The predicted octanol–water partition coefficient (Wildman–Crippen LogP) is 8.68. The summed E-state index contributed by atoms with van der Waals surface area (Å²) in [5.41, 5.74) is 6.54. The molecule has 0 aromatic heterocycles. The predicted molar refractivity (Wildman–Crippen MR) is 163 cm³/mol. The van der Waals surface area contributed by atoms with Gasteiger partial charge in [-0.3, -0.25) is 4.79 Å². The van der Waals surface area contributed by atoms with Crippen molar-refractivity contribution in [1.82, 2.24) is 0 Å². The van der Waals surface area contributed by atoms with E-state index in [1.165, 1.54) is 18.2 Å². The Morgan fingerprint density at radius 3 is 1.57 bits per heavy atom. The number of carbonyl (C=O) groups is 1. The van der Waals surface area contributed by atoms with Gasteiger partial charge < -0.3 is 4.74 Å². The molecule has 0 radical (unpaired) electrons. The van der Waals surface area contributed by atoms with Crippen LogP contribution in [0, 0.1) is 0 Å². The van der Waals surface area contributed by atoms with Crippen LogP contribution in [0.3, 0.4) is 0 Å². The minimum Gasteiger partial charge on any atom is -0.468 e. The van der Waals surface area contributed by atoms with Crippen molar-refractivity contribution >= 4 is 17.1 Å². The summed E-state index contributed by atoms with van der Waals surface area (Å²) in [5, 5.41) is 0. The lowest BCUT2D eigenvalue weighted by atomic mass is 9.53. The molecule has 0 aliphatic heterocycles. The maximum atomic E-state index is 14.6. The van der Waals surface area contributed by atoms with E-state index in [-0.39, 0.29) is 17.8 Å². The summed E-state index contributed by atoms with van der Waals surface area (Å²) < 4.78 is 5.80. The third kappa shape index (κ3) is 4.36. The summed E-state index contributed by atoms with van der Waals surface area (Å²) in [6.45, 7) is 0. The molecule has 0 spiro atoms. The summed E-state index contributed by atoms with van der Waals surface area (Å²) in [7, 11) is 1.52. The first-order chi connectivity index (χ1) is 19.7. The third-order valence-corrected chi connectivity index (χ3v) is 8.29. The van der Waals surface area contributed by atoms with Crippen LogP contribution >= 0.6 is 0 Å². The molecule has 0 amide bonds.